The van der Waals surface area contributed by atoms with Crippen molar-refractivity contribution in [3.63, 3.8) is 0 Å². The number of hydrogen-bond donors (Lipinski definition) is 0. The standard InChI is InChI=1S/C13H22O2/c1-3-13(15-2)7-5-4-6-11-8-9-12(14)10-11/h4,6,11,13H,3,5,7-10H2,1-2H3. The largest absolute Gasteiger partial charge is 0.381 e. The van der Waals surface area contributed by atoms with Crippen molar-refractivity contribution in [3.8, 4) is 0 Å². The zero-order valence-electron chi connectivity index (χ0n) is 9.87. The van der Waals surface area contributed by atoms with Gasteiger partial charge in [-0.25, -0.2) is 0 Å². The van der Waals surface area contributed by atoms with Crippen LogP contribution in [0.5, 0.6) is 0 Å². The van der Waals surface area contributed by atoms with Crippen molar-refractivity contribution in [2.24, 2.45) is 5.92 Å². The molecule has 0 N–H and O–H groups in total. The van der Waals surface area contributed by atoms with E-state index in [0.717, 1.165) is 38.5 Å². The van der Waals surface area contributed by atoms with E-state index in [2.05, 4.69) is 19.1 Å². The van der Waals surface area contributed by atoms with Gasteiger partial charge in [-0.15, -0.1) is 0 Å². The van der Waals surface area contributed by atoms with E-state index in [1.54, 1.807) is 7.11 Å². The molecule has 2 nitrogen and oxygen atoms in total. The summed E-state index contributed by atoms with van der Waals surface area (Å²) in [5.74, 6) is 0.938. The predicted octanol–water partition coefficient (Wildman–Crippen LogP) is 3.12. The minimum atomic E-state index is 0.389. The number of carbonyl (C=O) groups is 1. The number of allylic oxidation sites excluding steroid dienone is 2. The second kappa shape index (κ2) is 6.78. The van der Waals surface area contributed by atoms with Crippen LogP contribution in [0.2, 0.25) is 0 Å². The van der Waals surface area contributed by atoms with Gasteiger partial charge in [-0.2, -0.15) is 0 Å². The molecule has 2 unspecified atom stereocenters. The summed E-state index contributed by atoms with van der Waals surface area (Å²) in [4.78, 5) is 11.0. The summed E-state index contributed by atoms with van der Waals surface area (Å²) in [6.07, 6.45) is 10.6. The number of ketones is 1. The van der Waals surface area contributed by atoms with Crippen LogP contribution in [0.1, 0.15) is 45.4 Å². The van der Waals surface area contributed by atoms with Crippen LogP contribution in [-0.2, 0) is 9.53 Å². The zero-order valence-corrected chi connectivity index (χ0v) is 9.87. The van der Waals surface area contributed by atoms with Crippen LogP contribution in [0.4, 0.5) is 0 Å². The maximum atomic E-state index is 11.0. The van der Waals surface area contributed by atoms with Gasteiger partial charge in [0, 0.05) is 20.0 Å². The van der Waals surface area contributed by atoms with E-state index in [1.165, 1.54) is 0 Å². The molecule has 0 aromatic heterocycles. The van der Waals surface area contributed by atoms with Crippen LogP contribution in [-0.4, -0.2) is 19.0 Å². The van der Waals surface area contributed by atoms with Gasteiger partial charge in [0.15, 0.2) is 0 Å². The molecule has 1 aliphatic carbocycles. The second-order valence-corrected chi connectivity index (χ2v) is 4.31. The van der Waals surface area contributed by atoms with Crippen LogP contribution >= 0.6 is 0 Å². The summed E-state index contributed by atoms with van der Waals surface area (Å²) in [7, 11) is 1.77. The third kappa shape index (κ3) is 4.61. The minimum absolute atomic E-state index is 0.389. The summed E-state index contributed by atoms with van der Waals surface area (Å²) in [6, 6.07) is 0. The Morgan fingerprint density at radius 1 is 1.60 bits per heavy atom. The van der Waals surface area contributed by atoms with Crippen molar-refractivity contribution >= 4 is 5.78 Å². The average Bonchev–Trinajstić information content (AvgIpc) is 2.65. The number of methoxy groups -OCH3 is 1. The minimum Gasteiger partial charge on any atom is -0.381 e. The maximum absolute atomic E-state index is 11.0. The first-order valence-corrected chi connectivity index (χ1v) is 5.97. The van der Waals surface area contributed by atoms with Crippen molar-refractivity contribution in [2.45, 2.75) is 51.6 Å². The fourth-order valence-electron chi connectivity index (χ4n) is 2.07. The number of Topliss-reactive ketones (excluding diaryl/α,β-unsaturated/α-hetero) is 1. The second-order valence-electron chi connectivity index (χ2n) is 4.31. The molecule has 0 aliphatic heterocycles. The lowest BCUT2D eigenvalue weighted by molar-refractivity contribution is -0.117. The number of ether oxygens (including phenoxy) is 1. The highest BCUT2D eigenvalue weighted by Crippen LogP contribution is 2.23. The topological polar surface area (TPSA) is 26.3 Å². The number of hydrogen-bond acceptors (Lipinski definition) is 2. The SMILES string of the molecule is CCC(CCC=CC1CCC(=O)C1)OC. The third-order valence-electron chi connectivity index (χ3n) is 3.14. The first-order chi connectivity index (χ1) is 7.26. The maximum Gasteiger partial charge on any atom is 0.133 e. The Hall–Kier alpha value is -0.630. The molecule has 0 saturated heterocycles. The molecule has 0 aromatic rings. The lowest BCUT2D eigenvalue weighted by atomic mass is 10.1. The van der Waals surface area contributed by atoms with Gasteiger partial charge in [-0.1, -0.05) is 19.1 Å². The van der Waals surface area contributed by atoms with E-state index in [-0.39, 0.29) is 0 Å². The number of carbonyl (C=O) groups excluding carboxylic acids is 1. The van der Waals surface area contributed by atoms with Gasteiger partial charge < -0.3 is 4.74 Å². The predicted molar refractivity (Wildman–Crippen MR) is 61.8 cm³/mol. The van der Waals surface area contributed by atoms with Gasteiger partial charge in [0.25, 0.3) is 0 Å². The fourth-order valence-corrected chi connectivity index (χ4v) is 2.07. The Kier molecular flexibility index (Phi) is 5.62. The molecule has 0 heterocycles. The van der Waals surface area contributed by atoms with Gasteiger partial charge in [0.2, 0.25) is 0 Å². The van der Waals surface area contributed by atoms with E-state index >= 15 is 0 Å². The quantitative estimate of drug-likeness (QED) is 0.630. The van der Waals surface area contributed by atoms with Crippen molar-refractivity contribution in [1.29, 1.82) is 0 Å². The van der Waals surface area contributed by atoms with Crippen LogP contribution < -0.4 is 0 Å². The van der Waals surface area contributed by atoms with Crippen LogP contribution in [0.3, 0.4) is 0 Å². The van der Waals surface area contributed by atoms with Gasteiger partial charge in [0.05, 0.1) is 6.10 Å². The summed E-state index contributed by atoms with van der Waals surface area (Å²) in [6.45, 7) is 2.15. The molecule has 0 bridgehead atoms. The molecule has 1 fully saturated rings. The highest BCUT2D eigenvalue weighted by atomic mass is 16.5. The lowest BCUT2D eigenvalue weighted by Crippen LogP contribution is -2.07. The Morgan fingerprint density at radius 3 is 2.93 bits per heavy atom. The van der Waals surface area contributed by atoms with Gasteiger partial charge in [-0.3, -0.25) is 4.79 Å². The summed E-state index contributed by atoms with van der Waals surface area (Å²) < 4.78 is 5.30. The molecule has 0 aromatic carbocycles. The first-order valence-electron chi connectivity index (χ1n) is 5.97. The zero-order chi connectivity index (χ0) is 11.1. The number of rotatable bonds is 6. The van der Waals surface area contributed by atoms with E-state index < -0.39 is 0 Å². The molecule has 0 amide bonds. The molecular weight excluding hydrogens is 188 g/mol. The van der Waals surface area contributed by atoms with Crippen molar-refractivity contribution in [2.75, 3.05) is 7.11 Å². The van der Waals surface area contributed by atoms with Crippen molar-refractivity contribution in [1.82, 2.24) is 0 Å². The summed E-state index contributed by atoms with van der Waals surface area (Å²) >= 11 is 0. The van der Waals surface area contributed by atoms with E-state index in [4.69, 9.17) is 4.74 Å². The molecule has 86 valence electrons. The lowest BCUT2D eigenvalue weighted by Gasteiger charge is -2.10. The molecule has 1 saturated carbocycles. The van der Waals surface area contributed by atoms with Crippen LogP contribution in [0, 0.1) is 5.92 Å². The van der Waals surface area contributed by atoms with Gasteiger partial charge >= 0.3 is 0 Å². The Morgan fingerprint density at radius 2 is 2.40 bits per heavy atom. The van der Waals surface area contributed by atoms with Crippen LogP contribution in [0.15, 0.2) is 12.2 Å². The summed E-state index contributed by atoms with van der Waals surface area (Å²) in [5, 5.41) is 0. The Bertz CT molecular complexity index is 217. The first kappa shape index (κ1) is 12.4. The van der Waals surface area contributed by atoms with Gasteiger partial charge in [-0.05, 0) is 31.6 Å². The fraction of sp³-hybridized carbons (Fsp3) is 0.769. The third-order valence-corrected chi connectivity index (χ3v) is 3.14. The molecule has 15 heavy (non-hydrogen) atoms. The van der Waals surface area contributed by atoms with Crippen molar-refractivity contribution < 1.29 is 9.53 Å². The van der Waals surface area contributed by atoms with E-state index in [9.17, 15) is 4.79 Å². The smallest absolute Gasteiger partial charge is 0.133 e. The Labute approximate surface area is 92.7 Å². The Balaban J connectivity index is 2.13. The molecule has 2 atom stereocenters. The van der Waals surface area contributed by atoms with E-state index in [1.807, 2.05) is 0 Å². The average molecular weight is 210 g/mol. The van der Waals surface area contributed by atoms with Gasteiger partial charge in [0.1, 0.15) is 5.78 Å². The molecule has 1 rings (SSSR count). The van der Waals surface area contributed by atoms with E-state index in [0.29, 0.717) is 17.8 Å². The van der Waals surface area contributed by atoms with Crippen LogP contribution in [0.25, 0.3) is 0 Å². The normalized spacial score (nSPS) is 23.9. The molecule has 2 heteroatoms. The highest BCUT2D eigenvalue weighted by molar-refractivity contribution is 5.80. The summed E-state index contributed by atoms with van der Waals surface area (Å²) in [5.41, 5.74) is 0. The molecule has 0 spiro atoms. The molecular formula is C13H22O2. The molecule has 1 aliphatic rings. The highest BCUT2D eigenvalue weighted by Gasteiger charge is 2.18. The molecule has 0 radical (unpaired) electrons. The van der Waals surface area contributed by atoms with Crippen molar-refractivity contribution in [3.05, 3.63) is 12.2 Å². The monoisotopic (exact) mass is 210 g/mol.